The number of hydrogen-bond acceptors (Lipinski definition) is 6. The van der Waals surface area contributed by atoms with Gasteiger partial charge in [0.2, 0.25) is 15.9 Å². The summed E-state index contributed by atoms with van der Waals surface area (Å²) in [5.74, 6) is 0.00547. The Labute approximate surface area is 176 Å². The van der Waals surface area contributed by atoms with Crippen molar-refractivity contribution in [3.8, 4) is 17.6 Å². The van der Waals surface area contributed by atoms with Gasteiger partial charge in [0.15, 0.2) is 11.5 Å². The molecule has 1 aliphatic rings. The fraction of sp³-hybridized carbons (Fsp3) is 0.333. The molecule has 3 rings (SSSR count). The van der Waals surface area contributed by atoms with E-state index in [0.29, 0.717) is 42.1 Å². The van der Waals surface area contributed by atoms with Crippen LogP contribution in [0.4, 0.5) is 5.69 Å². The lowest BCUT2D eigenvalue weighted by Gasteiger charge is -2.31. The number of ether oxygens (including phenoxy) is 2. The van der Waals surface area contributed by atoms with Crippen molar-refractivity contribution >= 4 is 21.6 Å². The number of nitrogens with one attached hydrogen (secondary N) is 1. The molecule has 0 unspecified atom stereocenters. The number of benzene rings is 2. The van der Waals surface area contributed by atoms with E-state index < -0.39 is 15.9 Å². The molecule has 2 aromatic carbocycles. The number of piperidine rings is 1. The second-order valence-electron chi connectivity index (χ2n) is 6.90. The third-order valence-corrected chi connectivity index (χ3v) is 6.87. The maximum atomic E-state index is 13.1. The summed E-state index contributed by atoms with van der Waals surface area (Å²) in [6.07, 6.45) is 1.16. The van der Waals surface area contributed by atoms with Gasteiger partial charge in [-0.15, -0.1) is 0 Å². The smallest absolute Gasteiger partial charge is 0.243 e. The summed E-state index contributed by atoms with van der Waals surface area (Å²) < 4.78 is 38.0. The molecule has 0 aromatic heterocycles. The second-order valence-corrected chi connectivity index (χ2v) is 8.84. The van der Waals surface area contributed by atoms with Gasteiger partial charge in [-0.1, -0.05) is 6.07 Å². The van der Waals surface area contributed by atoms with Crippen LogP contribution >= 0.6 is 0 Å². The van der Waals surface area contributed by atoms with Crippen molar-refractivity contribution in [2.45, 2.75) is 17.7 Å². The molecule has 0 spiro atoms. The quantitative estimate of drug-likeness (QED) is 0.756. The molecular formula is C21H23N3O5S. The van der Waals surface area contributed by atoms with E-state index in [2.05, 4.69) is 5.32 Å². The zero-order chi connectivity index (χ0) is 21.7. The number of nitriles is 1. The summed E-state index contributed by atoms with van der Waals surface area (Å²) in [6.45, 7) is 0.421. The van der Waals surface area contributed by atoms with Crippen molar-refractivity contribution in [3.05, 3.63) is 48.0 Å². The Morgan fingerprint density at radius 3 is 2.63 bits per heavy atom. The molecule has 1 aliphatic heterocycles. The van der Waals surface area contributed by atoms with Gasteiger partial charge >= 0.3 is 0 Å². The van der Waals surface area contributed by atoms with Crippen molar-refractivity contribution in [1.82, 2.24) is 4.31 Å². The number of hydrogen-bond donors (Lipinski definition) is 1. The Hall–Kier alpha value is -3.09. The van der Waals surface area contributed by atoms with Gasteiger partial charge in [0.05, 0.1) is 36.7 Å². The number of anilines is 1. The molecule has 8 nitrogen and oxygen atoms in total. The Morgan fingerprint density at radius 1 is 1.17 bits per heavy atom. The molecule has 1 atom stereocenters. The molecule has 1 fully saturated rings. The third-order valence-electron chi connectivity index (χ3n) is 5.01. The topological polar surface area (TPSA) is 109 Å². The third kappa shape index (κ3) is 4.56. The Morgan fingerprint density at radius 2 is 1.93 bits per heavy atom. The summed E-state index contributed by atoms with van der Waals surface area (Å²) in [4.78, 5) is 12.8. The summed E-state index contributed by atoms with van der Waals surface area (Å²) >= 11 is 0. The maximum absolute atomic E-state index is 13.1. The molecule has 0 aliphatic carbocycles. The highest BCUT2D eigenvalue weighted by Gasteiger charge is 2.33. The molecule has 0 bridgehead atoms. The summed E-state index contributed by atoms with van der Waals surface area (Å²) in [7, 11) is -0.875. The van der Waals surface area contributed by atoms with Crippen molar-refractivity contribution in [2.24, 2.45) is 5.92 Å². The first-order chi connectivity index (χ1) is 14.4. The van der Waals surface area contributed by atoms with Crippen LogP contribution in [0.5, 0.6) is 11.5 Å². The largest absolute Gasteiger partial charge is 0.493 e. The molecular weight excluding hydrogens is 406 g/mol. The summed E-state index contributed by atoms with van der Waals surface area (Å²) in [5.41, 5.74) is 0.952. The number of amides is 1. The van der Waals surface area contributed by atoms with Crippen LogP contribution in [-0.4, -0.2) is 45.9 Å². The van der Waals surface area contributed by atoms with Gasteiger partial charge in [0, 0.05) is 24.8 Å². The SMILES string of the molecule is COc1ccc(S(=O)(=O)N2CCC[C@@H](C(=O)Nc3cccc(C#N)c3)C2)cc1OC. The van der Waals surface area contributed by atoms with Crippen LogP contribution in [0.1, 0.15) is 18.4 Å². The van der Waals surface area contributed by atoms with Gasteiger partial charge in [-0.05, 0) is 43.2 Å². The van der Waals surface area contributed by atoms with Gasteiger partial charge in [0.1, 0.15) is 0 Å². The maximum Gasteiger partial charge on any atom is 0.243 e. The molecule has 0 saturated carbocycles. The van der Waals surface area contributed by atoms with Gasteiger partial charge in [-0.3, -0.25) is 4.79 Å². The van der Waals surface area contributed by atoms with Gasteiger partial charge < -0.3 is 14.8 Å². The van der Waals surface area contributed by atoms with Crippen LogP contribution in [0.3, 0.4) is 0 Å². The highest BCUT2D eigenvalue weighted by molar-refractivity contribution is 7.89. The lowest BCUT2D eigenvalue weighted by molar-refractivity contribution is -0.120. The van der Waals surface area contributed by atoms with E-state index in [1.54, 1.807) is 30.3 Å². The molecule has 30 heavy (non-hydrogen) atoms. The first-order valence-corrected chi connectivity index (χ1v) is 10.9. The van der Waals surface area contributed by atoms with Crippen molar-refractivity contribution in [3.63, 3.8) is 0 Å². The molecule has 158 valence electrons. The van der Waals surface area contributed by atoms with Crippen LogP contribution in [-0.2, 0) is 14.8 Å². The Balaban J connectivity index is 1.76. The van der Waals surface area contributed by atoms with Crippen molar-refractivity contribution in [1.29, 1.82) is 5.26 Å². The molecule has 9 heteroatoms. The normalized spacial score (nSPS) is 17.0. The number of rotatable bonds is 6. The fourth-order valence-electron chi connectivity index (χ4n) is 3.41. The van der Waals surface area contributed by atoms with Gasteiger partial charge in [-0.2, -0.15) is 9.57 Å². The molecule has 1 N–H and O–H groups in total. The lowest BCUT2D eigenvalue weighted by Crippen LogP contribution is -2.43. The van der Waals surface area contributed by atoms with Crippen LogP contribution in [0.2, 0.25) is 0 Å². The van der Waals surface area contributed by atoms with Crippen LogP contribution < -0.4 is 14.8 Å². The minimum atomic E-state index is -3.79. The molecule has 2 aromatic rings. The number of carbonyl (C=O) groups is 1. The fourth-order valence-corrected chi connectivity index (χ4v) is 4.95. The average molecular weight is 429 g/mol. The highest BCUT2D eigenvalue weighted by Crippen LogP contribution is 2.32. The number of sulfonamides is 1. The lowest BCUT2D eigenvalue weighted by atomic mass is 9.98. The Bertz CT molecular complexity index is 1080. The highest BCUT2D eigenvalue weighted by atomic mass is 32.2. The van der Waals surface area contributed by atoms with Crippen molar-refractivity contribution in [2.75, 3.05) is 32.6 Å². The molecule has 0 radical (unpaired) electrons. The minimum absolute atomic E-state index is 0.0838. The van der Waals surface area contributed by atoms with Gasteiger partial charge in [0.25, 0.3) is 0 Å². The zero-order valence-corrected chi connectivity index (χ0v) is 17.6. The van der Waals surface area contributed by atoms with Crippen molar-refractivity contribution < 1.29 is 22.7 Å². The second kappa shape index (κ2) is 9.15. The Kier molecular flexibility index (Phi) is 6.59. The zero-order valence-electron chi connectivity index (χ0n) is 16.8. The van der Waals surface area contributed by atoms with Crippen LogP contribution in [0.15, 0.2) is 47.4 Å². The predicted octanol–water partition coefficient (Wildman–Crippen LogP) is 2.61. The minimum Gasteiger partial charge on any atom is -0.493 e. The molecule has 1 amide bonds. The van der Waals surface area contributed by atoms with E-state index in [9.17, 15) is 13.2 Å². The molecule has 1 heterocycles. The monoisotopic (exact) mass is 429 g/mol. The van der Waals surface area contributed by atoms with E-state index >= 15 is 0 Å². The van der Waals surface area contributed by atoms with Crippen LogP contribution in [0, 0.1) is 17.2 Å². The van der Waals surface area contributed by atoms with E-state index in [0.717, 1.165) is 0 Å². The molecule has 1 saturated heterocycles. The number of nitrogens with zero attached hydrogens (tertiary/aromatic N) is 2. The first-order valence-electron chi connectivity index (χ1n) is 9.42. The van der Waals surface area contributed by atoms with Crippen LogP contribution in [0.25, 0.3) is 0 Å². The van der Waals surface area contributed by atoms with E-state index in [1.165, 1.54) is 30.7 Å². The van der Waals surface area contributed by atoms with E-state index in [4.69, 9.17) is 14.7 Å². The summed E-state index contributed by atoms with van der Waals surface area (Å²) in [5, 5.41) is 11.8. The number of carbonyl (C=O) groups excluding carboxylic acids is 1. The van der Waals surface area contributed by atoms with Gasteiger partial charge in [-0.25, -0.2) is 8.42 Å². The first kappa shape index (κ1) is 21.6. The number of methoxy groups -OCH3 is 2. The van der Waals surface area contributed by atoms with E-state index in [1.807, 2.05) is 6.07 Å². The standard InChI is InChI=1S/C21H23N3O5S/c1-28-19-9-8-18(12-20(19)29-2)30(26,27)24-10-4-6-16(14-24)21(25)23-17-7-3-5-15(11-17)13-22/h3,5,7-9,11-12,16H,4,6,10,14H2,1-2H3,(H,23,25)/t16-/m1/s1. The predicted molar refractivity (Wildman–Crippen MR) is 111 cm³/mol. The average Bonchev–Trinajstić information content (AvgIpc) is 2.78. The summed E-state index contributed by atoms with van der Waals surface area (Å²) in [6, 6.07) is 13.1. The van der Waals surface area contributed by atoms with E-state index in [-0.39, 0.29) is 17.3 Å².